The van der Waals surface area contributed by atoms with Crippen LogP contribution in [0.25, 0.3) is 6.08 Å². The van der Waals surface area contributed by atoms with Crippen LogP contribution in [0.5, 0.6) is 11.5 Å². The minimum Gasteiger partial charge on any atom is -0.497 e. The fourth-order valence-corrected chi connectivity index (χ4v) is 2.04. The van der Waals surface area contributed by atoms with E-state index in [9.17, 15) is 4.79 Å². The van der Waals surface area contributed by atoms with E-state index in [2.05, 4.69) is 10.5 Å². The van der Waals surface area contributed by atoms with E-state index in [1.165, 1.54) is 0 Å². The smallest absolute Gasteiger partial charge is 0.271 e. The summed E-state index contributed by atoms with van der Waals surface area (Å²) in [5, 5.41) is 4.08. The Bertz CT molecular complexity index is 748. The molecule has 1 N–H and O–H groups in total. The van der Waals surface area contributed by atoms with Gasteiger partial charge in [0.2, 0.25) is 0 Å². The number of carbonyl (C=O) groups excluding carboxylic acids is 1. The van der Waals surface area contributed by atoms with E-state index in [4.69, 9.17) is 9.47 Å². The maximum Gasteiger partial charge on any atom is 0.271 e. The largest absolute Gasteiger partial charge is 0.497 e. The number of hydrogen-bond acceptors (Lipinski definition) is 4. The number of ether oxygens (including phenoxy) is 2. The number of allylic oxidation sites excluding steroid dienone is 1. The molecule has 2 aromatic carbocycles. The second-order valence-corrected chi connectivity index (χ2v) is 5.26. The van der Waals surface area contributed by atoms with Crippen LogP contribution in [0.2, 0.25) is 0 Å². The van der Waals surface area contributed by atoms with Gasteiger partial charge in [-0.15, -0.1) is 0 Å². The van der Waals surface area contributed by atoms with Gasteiger partial charge in [-0.2, -0.15) is 5.10 Å². The lowest BCUT2D eigenvalue weighted by molar-refractivity contribution is 0.0955. The van der Waals surface area contributed by atoms with Gasteiger partial charge in [-0.25, -0.2) is 5.43 Å². The van der Waals surface area contributed by atoms with Crippen molar-refractivity contribution in [1.29, 1.82) is 0 Å². The predicted molar refractivity (Wildman–Crippen MR) is 100 cm³/mol. The van der Waals surface area contributed by atoms with Gasteiger partial charge in [-0.05, 0) is 61.9 Å². The predicted octanol–water partition coefficient (Wildman–Crippen LogP) is 3.91. The minimum absolute atomic E-state index is 0.264. The number of rotatable bonds is 7. The molecule has 5 heteroatoms. The Labute approximate surface area is 148 Å². The van der Waals surface area contributed by atoms with Gasteiger partial charge in [0.1, 0.15) is 11.5 Å². The summed E-state index contributed by atoms with van der Waals surface area (Å²) >= 11 is 0. The Morgan fingerprint density at radius 3 is 2.32 bits per heavy atom. The van der Waals surface area contributed by atoms with Crippen molar-refractivity contribution < 1.29 is 14.3 Å². The molecule has 0 fully saturated rings. The molecule has 2 aromatic rings. The van der Waals surface area contributed by atoms with Gasteiger partial charge >= 0.3 is 0 Å². The molecule has 0 heterocycles. The molecule has 2 rings (SSSR count). The number of nitrogens with one attached hydrogen (secondary N) is 1. The van der Waals surface area contributed by atoms with Crippen LogP contribution in [0.15, 0.2) is 59.7 Å². The van der Waals surface area contributed by atoms with E-state index in [-0.39, 0.29) is 5.91 Å². The van der Waals surface area contributed by atoms with Gasteiger partial charge in [-0.3, -0.25) is 4.79 Å². The van der Waals surface area contributed by atoms with Crippen molar-refractivity contribution in [2.45, 2.75) is 13.8 Å². The van der Waals surface area contributed by atoms with Crippen LogP contribution in [-0.4, -0.2) is 25.3 Å². The van der Waals surface area contributed by atoms with Gasteiger partial charge in [0.15, 0.2) is 0 Å². The molecule has 0 spiro atoms. The highest BCUT2D eigenvalue weighted by molar-refractivity contribution is 5.99. The monoisotopic (exact) mass is 338 g/mol. The van der Waals surface area contributed by atoms with Gasteiger partial charge in [0, 0.05) is 5.56 Å². The van der Waals surface area contributed by atoms with E-state index >= 15 is 0 Å². The van der Waals surface area contributed by atoms with Crippen LogP contribution in [0.3, 0.4) is 0 Å². The molecule has 0 unspecified atom stereocenters. The lowest BCUT2D eigenvalue weighted by Gasteiger charge is -2.04. The van der Waals surface area contributed by atoms with Crippen LogP contribution in [-0.2, 0) is 0 Å². The maximum absolute atomic E-state index is 12.1. The van der Waals surface area contributed by atoms with Crippen LogP contribution < -0.4 is 14.9 Å². The Morgan fingerprint density at radius 2 is 1.72 bits per heavy atom. The SMILES string of the molecule is CCOc1ccc(C(=O)N/N=C(C)/C=C/c2ccc(OC)cc2)cc1. The molecule has 0 saturated carbocycles. The normalized spacial score (nSPS) is 11.4. The van der Waals surface area contributed by atoms with Crippen molar-refractivity contribution in [1.82, 2.24) is 5.43 Å². The Morgan fingerprint density at radius 1 is 1.08 bits per heavy atom. The number of benzene rings is 2. The summed E-state index contributed by atoms with van der Waals surface area (Å²) in [5.74, 6) is 1.28. The molecular weight excluding hydrogens is 316 g/mol. The summed E-state index contributed by atoms with van der Waals surface area (Å²) in [7, 11) is 1.63. The van der Waals surface area contributed by atoms with Crippen LogP contribution >= 0.6 is 0 Å². The fraction of sp³-hybridized carbons (Fsp3) is 0.200. The zero-order valence-electron chi connectivity index (χ0n) is 14.7. The first kappa shape index (κ1) is 18.3. The lowest BCUT2D eigenvalue weighted by atomic mass is 10.2. The van der Waals surface area contributed by atoms with Crippen molar-refractivity contribution in [3.05, 3.63) is 65.7 Å². The highest BCUT2D eigenvalue weighted by atomic mass is 16.5. The van der Waals surface area contributed by atoms with Crippen molar-refractivity contribution >= 4 is 17.7 Å². The summed E-state index contributed by atoms with van der Waals surface area (Å²) in [6.45, 7) is 4.33. The van der Waals surface area contributed by atoms with E-state index in [1.54, 1.807) is 31.4 Å². The van der Waals surface area contributed by atoms with E-state index in [0.29, 0.717) is 17.9 Å². The van der Waals surface area contributed by atoms with E-state index < -0.39 is 0 Å². The van der Waals surface area contributed by atoms with Crippen LogP contribution in [0.4, 0.5) is 0 Å². The van der Waals surface area contributed by atoms with Gasteiger partial charge < -0.3 is 9.47 Å². The van der Waals surface area contributed by atoms with Crippen LogP contribution in [0.1, 0.15) is 29.8 Å². The highest BCUT2D eigenvalue weighted by Gasteiger charge is 2.04. The van der Waals surface area contributed by atoms with Crippen molar-refractivity contribution in [3.63, 3.8) is 0 Å². The Balaban J connectivity index is 1.92. The van der Waals surface area contributed by atoms with E-state index in [1.807, 2.05) is 50.3 Å². The summed E-state index contributed by atoms with van der Waals surface area (Å²) in [6.07, 6.45) is 3.75. The lowest BCUT2D eigenvalue weighted by Crippen LogP contribution is -2.18. The highest BCUT2D eigenvalue weighted by Crippen LogP contribution is 2.13. The number of nitrogens with zero attached hydrogens (tertiary/aromatic N) is 1. The number of hydrogen-bond donors (Lipinski definition) is 1. The molecule has 130 valence electrons. The topological polar surface area (TPSA) is 59.9 Å². The maximum atomic E-state index is 12.1. The standard InChI is InChI=1S/C20H22N2O3/c1-4-25-19-13-9-17(10-14-19)20(23)22-21-15(2)5-6-16-7-11-18(24-3)12-8-16/h5-14H,4H2,1-3H3,(H,22,23)/b6-5+,21-15+. The molecule has 0 saturated heterocycles. The summed E-state index contributed by atoms with van der Waals surface area (Å²) in [5.41, 5.74) is 4.78. The Hall–Kier alpha value is -3.08. The van der Waals surface area contributed by atoms with Gasteiger partial charge in [0.05, 0.1) is 19.4 Å². The molecule has 0 radical (unpaired) electrons. The third-order valence-electron chi connectivity index (χ3n) is 3.39. The average Bonchev–Trinajstić information content (AvgIpc) is 2.65. The zero-order chi connectivity index (χ0) is 18.1. The van der Waals surface area contributed by atoms with Crippen molar-refractivity contribution in [3.8, 4) is 11.5 Å². The zero-order valence-corrected chi connectivity index (χ0v) is 14.7. The molecular formula is C20H22N2O3. The average molecular weight is 338 g/mol. The first-order valence-corrected chi connectivity index (χ1v) is 8.02. The quantitative estimate of drug-likeness (QED) is 0.615. The molecule has 25 heavy (non-hydrogen) atoms. The Kier molecular flexibility index (Phi) is 6.77. The third kappa shape index (κ3) is 5.80. The number of methoxy groups -OCH3 is 1. The summed E-state index contributed by atoms with van der Waals surface area (Å²) in [6, 6.07) is 14.6. The molecule has 0 atom stereocenters. The molecule has 0 aromatic heterocycles. The molecule has 0 bridgehead atoms. The van der Waals surface area contributed by atoms with Crippen molar-refractivity contribution in [2.24, 2.45) is 5.10 Å². The second-order valence-electron chi connectivity index (χ2n) is 5.26. The second kappa shape index (κ2) is 9.27. The van der Waals surface area contributed by atoms with Crippen molar-refractivity contribution in [2.75, 3.05) is 13.7 Å². The fourth-order valence-electron chi connectivity index (χ4n) is 2.04. The molecule has 1 amide bonds. The summed E-state index contributed by atoms with van der Waals surface area (Å²) < 4.78 is 10.5. The minimum atomic E-state index is -0.264. The molecule has 0 aliphatic heterocycles. The van der Waals surface area contributed by atoms with Crippen LogP contribution in [0, 0.1) is 0 Å². The number of hydrazone groups is 1. The van der Waals surface area contributed by atoms with Gasteiger partial charge in [0.25, 0.3) is 5.91 Å². The molecule has 0 aliphatic rings. The number of carbonyl (C=O) groups is 1. The molecule has 0 aliphatic carbocycles. The number of amides is 1. The first-order valence-electron chi connectivity index (χ1n) is 8.02. The summed E-state index contributed by atoms with van der Waals surface area (Å²) in [4.78, 5) is 12.1. The third-order valence-corrected chi connectivity index (χ3v) is 3.39. The molecule has 5 nitrogen and oxygen atoms in total. The van der Waals surface area contributed by atoms with Gasteiger partial charge in [-0.1, -0.05) is 18.2 Å². The van der Waals surface area contributed by atoms with E-state index in [0.717, 1.165) is 17.1 Å². The first-order chi connectivity index (χ1) is 12.1.